The van der Waals surface area contributed by atoms with E-state index in [1.165, 1.54) is 23.4 Å². The highest BCUT2D eigenvalue weighted by molar-refractivity contribution is 7.09. The zero-order valence-electron chi connectivity index (χ0n) is 16.3. The van der Waals surface area contributed by atoms with Crippen LogP contribution >= 0.6 is 11.3 Å². The Labute approximate surface area is 163 Å². The smallest absolute Gasteiger partial charge is 0.250 e. The lowest BCUT2D eigenvalue weighted by molar-refractivity contribution is -0.118. The van der Waals surface area contributed by atoms with Crippen LogP contribution in [0.4, 0.5) is 0 Å². The summed E-state index contributed by atoms with van der Waals surface area (Å²) in [4.78, 5) is 21.7. The zero-order valence-corrected chi connectivity index (χ0v) is 17.1. The van der Waals surface area contributed by atoms with Crippen LogP contribution in [0, 0.1) is 13.8 Å². The van der Waals surface area contributed by atoms with Gasteiger partial charge >= 0.3 is 0 Å². The maximum atomic E-state index is 12.5. The molecule has 2 aliphatic rings. The molecule has 1 saturated heterocycles. The Kier molecular flexibility index (Phi) is 4.90. The van der Waals surface area contributed by atoms with Gasteiger partial charge in [0, 0.05) is 47.7 Å². The van der Waals surface area contributed by atoms with Gasteiger partial charge in [-0.1, -0.05) is 17.4 Å². The van der Waals surface area contributed by atoms with Crippen molar-refractivity contribution in [3.8, 4) is 0 Å². The molecule has 0 radical (unpaired) electrons. The predicted molar refractivity (Wildman–Crippen MR) is 107 cm³/mol. The average molecular weight is 386 g/mol. The van der Waals surface area contributed by atoms with Gasteiger partial charge in [-0.15, -0.1) is 6.58 Å². The third kappa shape index (κ3) is 3.34. The van der Waals surface area contributed by atoms with Crippen molar-refractivity contribution >= 4 is 17.2 Å². The van der Waals surface area contributed by atoms with Gasteiger partial charge in [-0.3, -0.25) is 14.4 Å². The van der Waals surface area contributed by atoms with Gasteiger partial charge in [-0.2, -0.15) is 10.1 Å². The maximum absolute atomic E-state index is 12.5. The molecule has 1 amide bonds. The third-order valence-electron chi connectivity index (χ3n) is 5.79. The van der Waals surface area contributed by atoms with Crippen LogP contribution in [-0.2, 0) is 24.3 Å². The molecule has 4 heterocycles. The normalized spacial score (nSPS) is 22.3. The highest BCUT2D eigenvalue weighted by atomic mass is 32.1. The second-order valence-corrected chi connectivity index (χ2v) is 8.63. The maximum Gasteiger partial charge on any atom is 0.250 e. The lowest BCUT2D eigenvalue weighted by Crippen LogP contribution is -2.34. The lowest BCUT2D eigenvalue weighted by Gasteiger charge is -2.31. The zero-order chi connectivity index (χ0) is 19.1. The Morgan fingerprint density at radius 3 is 2.96 bits per heavy atom. The van der Waals surface area contributed by atoms with Crippen LogP contribution in [0.5, 0.6) is 0 Å². The molecule has 0 aliphatic carbocycles. The van der Waals surface area contributed by atoms with Crippen molar-refractivity contribution in [1.82, 2.24) is 19.2 Å². The topological polar surface area (TPSA) is 55.4 Å². The molecule has 144 valence electrons. The Morgan fingerprint density at radius 2 is 2.26 bits per heavy atom. The number of amides is 1. The molecule has 4 rings (SSSR count). The number of aryl methyl sites for hydroxylation is 3. The summed E-state index contributed by atoms with van der Waals surface area (Å²) in [6, 6.07) is 3.12. The third-order valence-corrected chi connectivity index (χ3v) is 7.01. The van der Waals surface area contributed by atoms with E-state index in [0.29, 0.717) is 31.6 Å². The minimum atomic E-state index is -0.0857. The van der Waals surface area contributed by atoms with E-state index in [9.17, 15) is 4.79 Å². The fourth-order valence-electron chi connectivity index (χ4n) is 4.40. The number of nitrogens with zero attached hydrogens (tertiary/aromatic N) is 5. The summed E-state index contributed by atoms with van der Waals surface area (Å²) >= 11 is 1.69. The first-order valence-electron chi connectivity index (χ1n) is 9.61. The van der Waals surface area contributed by atoms with Gasteiger partial charge in [0.25, 0.3) is 0 Å². The van der Waals surface area contributed by atoms with E-state index in [1.807, 2.05) is 30.7 Å². The molecule has 0 N–H and O–H groups in total. The minimum Gasteiger partial charge on any atom is -0.316 e. The van der Waals surface area contributed by atoms with Gasteiger partial charge in [0.05, 0.1) is 12.2 Å². The Morgan fingerprint density at radius 1 is 1.44 bits per heavy atom. The molecule has 2 aliphatic heterocycles. The first kappa shape index (κ1) is 18.4. The molecule has 2 bridgehead atoms. The number of allylic oxidation sites excluding steroid dienone is 1. The van der Waals surface area contributed by atoms with E-state index in [-0.39, 0.29) is 5.91 Å². The molecule has 2 unspecified atom stereocenters. The Balaban J connectivity index is 1.60. The van der Waals surface area contributed by atoms with Crippen molar-refractivity contribution in [2.45, 2.75) is 64.7 Å². The Hall–Kier alpha value is -1.99. The van der Waals surface area contributed by atoms with Crippen LogP contribution in [0.2, 0.25) is 0 Å². The van der Waals surface area contributed by atoms with Crippen molar-refractivity contribution < 1.29 is 4.79 Å². The number of carbonyl (C=O) groups excluding carboxylic acids is 1. The molecular formula is C20H27N5OS. The number of thiazole rings is 1. The van der Waals surface area contributed by atoms with E-state index in [2.05, 4.69) is 33.2 Å². The number of hydrogen-bond donors (Lipinski definition) is 0. The molecule has 27 heavy (non-hydrogen) atoms. The summed E-state index contributed by atoms with van der Waals surface area (Å²) in [6.07, 6.45) is 5.76. The molecule has 7 heteroatoms. The SMILES string of the molecule is C=CCn1c2c(sc1=NC(=O)CCn1nc(C)cc1C)C1CCC(C2)N1C. The standard InChI is InChI=1S/C20H27N5OS/c1-5-9-24-17-12-15-6-7-16(23(15)4)19(17)27-20(24)21-18(26)8-10-25-14(3)11-13(2)22-25/h5,11,15-16H,1,6-10,12H2,2-4H3. The highest BCUT2D eigenvalue weighted by Gasteiger charge is 2.40. The summed E-state index contributed by atoms with van der Waals surface area (Å²) in [5, 5.41) is 4.42. The van der Waals surface area contributed by atoms with Crippen molar-refractivity contribution in [3.63, 3.8) is 0 Å². The van der Waals surface area contributed by atoms with Gasteiger partial charge in [-0.25, -0.2) is 0 Å². The number of fused-ring (bicyclic) bond motifs is 4. The molecule has 0 aromatic carbocycles. The van der Waals surface area contributed by atoms with Crippen molar-refractivity contribution in [1.29, 1.82) is 0 Å². The fraction of sp³-hybridized carbons (Fsp3) is 0.550. The largest absolute Gasteiger partial charge is 0.316 e. The summed E-state index contributed by atoms with van der Waals surface area (Å²) in [7, 11) is 2.22. The van der Waals surface area contributed by atoms with Crippen LogP contribution in [-0.4, -0.2) is 38.2 Å². The molecule has 6 nitrogen and oxygen atoms in total. The van der Waals surface area contributed by atoms with Crippen LogP contribution in [0.1, 0.15) is 47.3 Å². The molecule has 2 aromatic rings. The van der Waals surface area contributed by atoms with Gasteiger partial charge in [0.2, 0.25) is 5.91 Å². The molecule has 1 fully saturated rings. The van der Waals surface area contributed by atoms with Crippen molar-refractivity contribution in [3.05, 3.63) is 45.5 Å². The Bertz CT molecular complexity index is 950. The van der Waals surface area contributed by atoms with E-state index < -0.39 is 0 Å². The van der Waals surface area contributed by atoms with E-state index in [0.717, 1.165) is 22.6 Å². The van der Waals surface area contributed by atoms with Crippen LogP contribution in [0.25, 0.3) is 0 Å². The van der Waals surface area contributed by atoms with Crippen molar-refractivity contribution in [2.75, 3.05) is 7.05 Å². The van der Waals surface area contributed by atoms with E-state index >= 15 is 0 Å². The molecule has 0 saturated carbocycles. The summed E-state index contributed by atoms with van der Waals surface area (Å²) in [5.41, 5.74) is 3.41. The van der Waals surface area contributed by atoms with Gasteiger partial charge in [0.15, 0.2) is 4.80 Å². The number of carbonyl (C=O) groups is 1. The van der Waals surface area contributed by atoms with Crippen LogP contribution in [0.15, 0.2) is 23.7 Å². The van der Waals surface area contributed by atoms with Gasteiger partial charge in [0.1, 0.15) is 0 Å². The molecule has 0 spiro atoms. The van der Waals surface area contributed by atoms with Gasteiger partial charge in [-0.05, 0) is 39.8 Å². The monoisotopic (exact) mass is 385 g/mol. The summed E-state index contributed by atoms with van der Waals surface area (Å²) < 4.78 is 4.08. The number of aromatic nitrogens is 3. The first-order chi connectivity index (χ1) is 13.0. The van der Waals surface area contributed by atoms with Crippen LogP contribution < -0.4 is 4.80 Å². The average Bonchev–Trinajstić information content (AvgIpc) is 3.20. The molecular weight excluding hydrogens is 358 g/mol. The van der Waals surface area contributed by atoms with Gasteiger partial charge < -0.3 is 4.57 Å². The molecule has 2 aromatic heterocycles. The van der Waals surface area contributed by atoms with Crippen LogP contribution in [0.3, 0.4) is 0 Å². The first-order valence-corrected chi connectivity index (χ1v) is 10.4. The fourth-order valence-corrected chi connectivity index (χ4v) is 5.77. The van der Waals surface area contributed by atoms with E-state index in [1.54, 1.807) is 11.3 Å². The number of likely N-dealkylation sites (N-methyl/N-ethyl adjacent to an activating group) is 1. The number of rotatable bonds is 5. The van der Waals surface area contributed by atoms with E-state index in [4.69, 9.17) is 0 Å². The quantitative estimate of drug-likeness (QED) is 0.744. The second-order valence-electron chi connectivity index (χ2n) is 7.62. The minimum absolute atomic E-state index is 0.0857. The highest BCUT2D eigenvalue weighted by Crippen LogP contribution is 2.43. The second kappa shape index (κ2) is 7.20. The molecule has 2 atom stereocenters. The predicted octanol–water partition coefficient (Wildman–Crippen LogP) is 2.76. The summed E-state index contributed by atoms with van der Waals surface area (Å²) in [5.74, 6) is -0.0857. The number of hydrogen-bond acceptors (Lipinski definition) is 4. The van der Waals surface area contributed by atoms with Crippen molar-refractivity contribution in [2.24, 2.45) is 4.99 Å². The summed E-state index contributed by atoms with van der Waals surface area (Å²) in [6.45, 7) is 9.15. The lowest BCUT2D eigenvalue weighted by atomic mass is 10.1.